The highest BCUT2D eigenvalue weighted by atomic mass is 35.5. The van der Waals surface area contributed by atoms with Crippen molar-refractivity contribution in [1.29, 1.82) is 0 Å². The van der Waals surface area contributed by atoms with Gasteiger partial charge in [-0.1, -0.05) is 43.5 Å². The quantitative estimate of drug-likeness (QED) is 0.740. The summed E-state index contributed by atoms with van der Waals surface area (Å²) in [5.74, 6) is -1.98. The average Bonchev–Trinajstić information content (AvgIpc) is 2.58. The fraction of sp³-hybridized carbons (Fsp3) is 0.438. The SMILES string of the molecule is CC[C@H](C)[C@H](NC(=O)COC(=O)c1ccc(Cl)c(Cl)c1)C(=O)OC. The van der Waals surface area contributed by atoms with E-state index in [9.17, 15) is 14.4 Å². The zero-order valence-corrected chi connectivity index (χ0v) is 15.1. The van der Waals surface area contributed by atoms with E-state index < -0.39 is 30.5 Å². The predicted octanol–water partition coefficient (Wildman–Crippen LogP) is 2.85. The van der Waals surface area contributed by atoms with E-state index in [0.717, 1.165) is 0 Å². The number of rotatable bonds is 7. The van der Waals surface area contributed by atoms with Crippen LogP contribution in [0, 0.1) is 5.92 Å². The van der Waals surface area contributed by atoms with Gasteiger partial charge in [0.25, 0.3) is 5.91 Å². The summed E-state index contributed by atoms with van der Waals surface area (Å²) in [5.41, 5.74) is 0.170. The summed E-state index contributed by atoms with van der Waals surface area (Å²) in [5, 5.41) is 3.02. The Hall–Kier alpha value is -1.79. The van der Waals surface area contributed by atoms with Gasteiger partial charge in [0.2, 0.25) is 0 Å². The Labute approximate surface area is 150 Å². The third kappa shape index (κ3) is 5.69. The molecule has 0 saturated heterocycles. The van der Waals surface area contributed by atoms with Gasteiger partial charge in [-0.05, 0) is 24.1 Å². The Balaban J connectivity index is 2.62. The van der Waals surface area contributed by atoms with Crippen LogP contribution in [-0.2, 0) is 19.1 Å². The molecular formula is C16H19Cl2NO5. The molecule has 24 heavy (non-hydrogen) atoms. The molecule has 0 radical (unpaired) electrons. The van der Waals surface area contributed by atoms with Gasteiger partial charge >= 0.3 is 11.9 Å². The van der Waals surface area contributed by atoms with E-state index in [4.69, 9.17) is 27.9 Å². The number of amides is 1. The van der Waals surface area contributed by atoms with Crippen molar-refractivity contribution in [2.75, 3.05) is 13.7 Å². The third-order valence-corrected chi connectivity index (χ3v) is 4.21. The van der Waals surface area contributed by atoms with Crippen LogP contribution < -0.4 is 5.32 Å². The molecular weight excluding hydrogens is 357 g/mol. The number of hydrogen-bond acceptors (Lipinski definition) is 5. The summed E-state index contributed by atoms with van der Waals surface area (Å²) in [4.78, 5) is 35.5. The number of methoxy groups -OCH3 is 1. The smallest absolute Gasteiger partial charge is 0.338 e. The lowest BCUT2D eigenvalue weighted by molar-refractivity contribution is -0.147. The number of hydrogen-bond donors (Lipinski definition) is 1. The van der Waals surface area contributed by atoms with Crippen LogP contribution in [0.5, 0.6) is 0 Å². The number of esters is 2. The minimum Gasteiger partial charge on any atom is -0.467 e. The van der Waals surface area contributed by atoms with E-state index >= 15 is 0 Å². The Morgan fingerprint density at radius 3 is 2.42 bits per heavy atom. The summed E-state index contributed by atoms with van der Waals surface area (Å²) in [6.07, 6.45) is 0.670. The monoisotopic (exact) mass is 375 g/mol. The Morgan fingerprint density at radius 1 is 1.21 bits per heavy atom. The molecule has 1 aromatic rings. The standard InChI is InChI=1S/C16H19Cl2NO5/c1-4-9(2)14(16(22)23-3)19-13(20)8-24-15(21)10-5-6-11(17)12(18)7-10/h5-7,9,14H,4,8H2,1-3H3,(H,19,20)/t9-,14-/m0/s1. The molecule has 0 unspecified atom stereocenters. The number of carbonyl (C=O) groups excluding carboxylic acids is 3. The zero-order chi connectivity index (χ0) is 18.3. The first-order valence-corrected chi connectivity index (χ1v) is 8.05. The first kappa shape index (κ1) is 20.3. The maximum atomic E-state index is 11.9. The van der Waals surface area contributed by atoms with Crippen LogP contribution in [0.15, 0.2) is 18.2 Å². The van der Waals surface area contributed by atoms with E-state index in [-0.39, 0.29) is 16.5 Å². The molecule has 0 aromatic heterocycles. The van der Waals surface area contributed by atoms with Gasteiger partial charge in [-0.25, -0.2) is 9.59 Å². The summed E-state index contributed by atoms with van der Waals surface area (Å²) < 4.78 is 9.57. The lowest BCUT2D eigenvalue weighted by Crippen LogP contribution is -2.47. The lowest BCUT2D eigenvalue weighted by atomic mass is 9.99. The fourth-order valence-corrected chi connectivity index (χ4v) is 2.15. The highest BCUT2D eigenvalue weighted by Gasteiger charge is 2.27. The van der Waals surface area contributed by atoms with Crippen molar-refractivity contribution in [3.63, 3.8) is 0 Å². The van der Waals surface area contributed by atoms with E-state index in [1.54, 1.807) is 0 Å². The van der Waals surface area contributed by atoms with Crippen molar-refractivity contribution in [1.82, 2.24) is 5.32 Å². The molecule has 0 spiro atoms. The summed E-state index contributed by atoms with van der Waals surface area (Å²) in [7, 11) is 1.24. The van der Waals surface area contributed by atoms with Crippen LogP contribution in [0.1, 0.15) is 30.6 Å². The molecule has 1 aromatic carbocycles. The van der Waals surface area contributed by atoms with Crippen LogP contribution >= 0.6 is 23.2 Å². The highest BCUT2D eigenvalue weighted by Crippen LogP contribution is 2.22. The molecule has 1 N–H and O–H groups in total. The first-order valence-electron chi connectivity index (χ1n) is 7.29. The first-order chi connectivity index (χ1) is 11.3. The van der Waals surface area contributed by atoms with Crippen molar-refractivity contribution in [2.24, 2.45) is 5.92 Å². The second-order valence-corrected chi connectivity index (χ2v) is 5.97. The Kier molecular flexibility index (Phi) is 8.01. The molecule has 0 saturated carbocycles. The van der Waals surface area contributed by atoms with Crippen LogP contribution in [-0.4, -0.2) is 37.6 Å². The molecule has 1 amide bonds. The number of nitrogens with one attached hydrogen (secondary N) is 1. The van der Waals surface area contributed by atoms with Gasteiger partial charge in [-0.2, -0.15) is 0 Å². The number of carbonyl (C=O) groups is 3. The molecule has 0 bridgehead atoms. The van der Waals surface area contributed by atoms with Crippen molar-refractivity contribution in [3.05, 3.63) is 33.8 Å². The topological polar surface area (TPSA) is 81.7 Å². The van der Waals surface area contributed by atoms with Gasteiger partial charge in [0, 0.05) is 0 Å². The molecule has 0 aliphatic carbocycles. The predicted molar refractivity (Wildman–Crippen MR) is 90.1 cm³/mol. The minimum atomic E-state index is -0.795. The van der Waals surface area contributed by atoms with Crippen LogP contribution in [0.3, 0.4) is 0 Å². The maximum Gasteiger partial charge on any atom is 0.338 e. The second kappa shape index (κ2) is 9.49. The van der Waals surface area contributed by atoms with E-state index in [1.165, 1.54) is 25.3 Å². The molecule has 1 rings (SSSR count). The molecule has 6 nitrogen and oxygen atoms in total. The van der Waals surface area contributed by atoms with Crippen molar-refractivity contribution < 1.29 is 23.9 Å². The molecule has 0 aliphatic rings. The summed E-state index contributed by atoms with van der Waals surface area (Å²) >= 11 is 11.6. The van der Waals surface area contributed by atoms with Crippen molar-refractivity contribution in [3.8, 4) is 0 Å². The Morgan fingerprint density at radius 2 is 1.88 bits per heavy atom. The molecule has 0 aliphatic heterocycles. The van der Waals surface area contributed by atoms with Gasteiger partial charge in [0.15, 0.2) is 6.61 Å². The van der Waals surface area contributed by atoms with Crippen LogP contribution in [0.2, 0.25) is 10.0 Å². The van der Waals surface area contributed by atoms with Gasteiger partial charge in [-0.15, -0.1) is 0 Å². The molecule has 2 atom stereocenters. The highest BCUT2D eigenvalue weighted by molar-refractivity contribution is 6.42. The second-order valence-electron chi connectivity index (χ2n) is 5.16. The fourth-order valence-electron chi connectivity index (χ4n) is 1.85. The van der Waals surface area contributed by atoms with E-state index in [1.807, 2.05) is 13.8 Å². The van der Waals surface area contributed by atoms with E-state index in [2.05, 4.69) is 10.1 Å². The van der Waals surface area contributed by atoms with Gasteiger partial charge < -0.3 is 14.8 Å². The maximum absolute atomic E-state index is 11.9. The number of ether oxygens (including phenoxy) is 2. The average molecular weight is 376 g/mol. The van der Waals surface area contributed by atoms with E-state index in [0.29, 0.717) is 11.4 Å². The molecule has 0 heterocycles. The number of halogens is 2. The normalized spacial score (nSPS) is 12.9. The molecule has 8 heteroatoms. The third-order valence-electron chi connectivity index (χ3n) is 3.47. The minimum absolute atomic E-state index is 0.118. The van der Waals surface area contributed by atoms with Crippen molar-refractivity contribution >= 4 is 41.0 Å². The van der Waals surface area contributed by atoms with Gasteiger partial charge in [0.1, 0.15) is 6.04 Å². The van der Waals surface area contributed by atoms with Crippen LogP contribution in [0.4, 0.5) is 0 Å². The lowest BCUT2D eigenvalue weighted by Gasteiger charge is -2.21. The summed E-state index contributed by atoms with van der Waals surface area (Å²) in [6.45, 7) is 3.17. The van der Waals surface area contributed by atoms with Gasteiger partial charge in [-0.3, -0.25) is 4.79 Å². The van der Waals surface area contributed by atoms with Crippen molar-refractivity contribution in [2.45, 2.75) is 26.3 Å². The number of benzene rings is 1. The van der Waals surface area contributed by atoms with Crippen LogP contribution in [0.25, 0.3) is 0 Å². The Bertz CT molecular complexity index is 620. The largest absolute Gasteiger partial charge is 0.467 e. The van der Waals surface area contributed by atoms with Gasteiger partial charge in [0.05, 0.1) is 22.7 Å². The molecule has 132 valence electrons. The molecule has 0 fully saturated rings. The zero-order valence-electron chi connectivity index (χ0n) is 13.6. The summed E-state index contributed by atoms with van der Waals surface area (Å²) in [6, 6.07) is 3.44.